The predicted molar refractivity (Wildman–Crippen MR) is 80.5 cm³/mol. The second-order valence-electron chi connectivity index (χ2n) is 5.69. The van der Waals surface area contributed by atoms with Gasteiger partial charge in [0.1, 0.15) is 10.8 Å². The van der Waals surface area contributed by atoms with E-state index in [0.29, 0.717) is 11.5 Å². The lowest BCUT2D eigenvalue weighted by Gasteiger charge is -2.19. The molecule has 2 rings (SSSR count). The van der Waals surface area contributed by atoms with Crippen LogP contribution in [0.3, 0.4) is 0 Å². The first-order valence-corrected chi connectivity index (χ1v) is 7.18. The first kappa shape index (κ1) is 14.4. The van der Waals surface area contributed by atoms with Crippen molar-refractivity contribution in [3.8, 4) is 0 Å². The van der Waals surface area contributed by atoms with Crippen molar-refractivity contribution < 1.29 is 4.39 Å². The van der Waals surface area contributed by atoms with Gasteiger partial charge in [-0.2, -0.15) is 0 Å². The van der Waals surface area contributed by atoms with Gasteiger partial charge in [0.05, 0.1) is 0 Å². The maximum Gasteiger partial charge on any atom is 0.123 e. The molecule has 0 saturated carbocycles. The van der Waals surface area contributed by atoms with Gasteiger partial charge in [0.2, 0.25) is 0 Å². The van der Waals surface area contributed by atoms with Crippen LogP contribution < -0.4 is 5.73 Å². The summed E-state index contributed by atoms with van der Waals surface area (Å²) in [5, 5.41) is 0. The van der Waals surface area contributed by atoms with Crippen molar-refractivity contribution in [3.05, 3.63) is 35.1 Å². The van der Waals surface area contributed by atoms with E-state index in [2.05, 4.69) is 18.7 Å². The Balaban J connectivity index is 2.10. The third-order valence-corrected chi connectivity index (χ3v) is 4.20. The summed E-state index contributed by atoms with van der Waals surface area (Å²) >= 11 is 5.01. The minimum absolute atomic E-state index is 0.272. The second kappa shape index (κ2) is 5.97. The lowest BCUT2D eigenvalue weighted by atomic mass is 9.95. The molecule has 0 radical (unpaired) electrons. The van der Waals surface area contributed by atoms with Gasteiger partial charge < -0.3 is 5.73 Å². The van der Waals surface area contributed by atoms with E-state index in [0.717, 1.165) is 31.1 Å². The van der Waals surface area contributed by atoms with Crippen molar-refractivity contribution in [1.82, 2.24) is 4.90 Å². The zero-order valence-corrected chi connectivity index (χ0v) is 12.3. The number of benzene rings is 1. The number of rotatable bonds is 4. The fourth-order valence-corrected chi connectivity index (χ4v) is 2.90. The number of halogens is 1. The van der Waals surface area contributed by atoms with Crippen LogP contribution in [0.5, 0.6) is 0 Å². The molecule has 1 aromatic carbocycles. The SMILES string of the molecule is CC(C)C1CCN(Cc2ccc(F)cc2C(N)=S)C1. The van der Waals surface area contributed by atoms with Gasteiger partial charge >= 0.3 is 0 Å². The number of hydrogen-bond acceptors (Lipinski definition) is 2. The maximum atomic E-state index is 13.3. The molecule has 0 aromatic heterocycles. The highest BCUT2D eigenvalue weighted by molar-refractivity contribution is 7.80. The van der Waals surface area contributed by atoms with E-state index in [9.17, 15) is 4.39 Å². The summed E-state index contributed by atoms with van der Waals surface area (Å²) in [6, 6.07) is 4.72. The number of nitrogens with two attached hydrogens (primary N) is 1. The van der Waals surface area contributed by atoms with Gasteiger partial charge in [-0.05, 0) is 42.5 Å². The molecule has 19 heavy (non-hydrogen) atoms. The van der Waals surface area contributed by atoms with Crippen molar-refractivity contribution >= 4 is 17.2 Å². The molecular weight excluding hydrogens is 259 g/mol. The second-order valence-corrected chi connectivity index (χ2v) is 6.13. The molecule has 1 atom stereocenters. The predicted octanol–water partition coefficient (Wildman–Crippen LogP) is 2.94. The molecule has 0 bridgehead atoms. The largest absolute Gasteiger partial charge is 0.389 e. The number of likely N-dealkylation sites (tertiary alicyclic amines) is 1. The molecular formula is C15H21FN2S. The van der Waals surface area contributed by atoms with Crippen LogP contribution in [0.2, 0.25) is 0 Å². The Morgan fingerprint density at radius 2 is 2.26 bits per heavy atom. The van der Waals surface area contributed by atoms with E-state index in [1.165, 1.54) is 18.6 Å². The highest BCUT2D eigenvalue weighted by Crippen LogP contribution is 2.25. The highest BCUT2D eigenvalue weighted by atomic mass is 32.1. The van der Waals surface area contributed by atoms with E-state index in [1.807, 2.05) is 0 Å². The first-order chi connectivity index (χ1) is 8.97. The fourth-order valence-electron chi connectivity index (χ4n) is 2.71. The van der Waals surface area contributed by atoms with Crippen molar-refractivity contribution in [2.45, 2.75) is 26.8 Å². The molecule has 0 amide bonds. The molecule has 104 valence electrons. The van der Waals surface area contributed by atoms with E-state index >= 15 is 0 Å². The Morgan fingerprint density at radius 3 is 2.84 bits per heavy atom. The van der Waals surface area contributed by atoms with Gasteiger partial charge in [0, 0.05) is 18.7 Å². The highest BCUT2D eigenvalue weighted by Gasteiger charge is 2.25. The smallest absolute Gasteiger partial charge is 0.123 e. The number of nitrogens with zero attached hydrogens (tertiary/aromatic N) is 1. The molecule has 4 heteroatoms. The molecule has 1 heterocycles. The zero-order valence-electron chi connectivity index (χ0n) is 11.5. The van der Waals surface area contributed by atoms with Crippen molar-refractivity contribution in [2.24, 2.45) is 17.6 Å². The van der Waals surface area contributed by atoms with Crippen LogP contribution in [0.15, 0.2) is 18.2 Å². The van der Waals surface area contributed by atoms with Crippen LogP contribution in [0.1, 0.15) is 31.4 Å². The van der Waals surface area contributed by atoms with Gasteiger partial charge in [-0.15, -0.1) is 0 Å². The molecule has 1 aromatic rings. The van der Waals surface area contributed by atoms with Gasteiger partial charge in [-0.1, -0.05) is 32.1 Å². The van der Waals surface area contributed by atoms with Crippen molar-refractivity contribution in [2.75, 3.05) is 13.1 Å². The summed E-state index contributed by atoms with van der Waals surface area (Å²) in [5.41, 5.74) is 7.38. The summed E-state index contributed by atoms with van der Waals surface area (Å²) in [6.07, 6.45) is 1.24. The summed E-state index contributed by atoms with van der Waals surface area (Å²) in [6.45, 7) is 7.54. The minimum atomic E-state index is -0.284. The van der Waals surface area contributed by atoms with Crippen LogP contribution in [0.25, 0.3) is 0 Å². The Morgan fingerprint density at radius 1 is 1.53 bits per heavy atom. The van der Waals surface area contributed by atoms with Crippen molar-refractivity contribution in [3.63, 3.8) is 0 Å². The van der Waals surface area contributed by atoms with Gasteiger partial charge in [0.15, 0.2) is 0 Å². The zero-order chi connectivity index (χ0) is 14.0. The van der Waals surface area contributed by atoms with E-state index in [1.54, 1.807) is 6.07 Å². The first-order valence-electron chi connectivity index (χ1n) is 6.78. The number of hydrogen-bond donors (Lipinski definition) is 1. The monoisotopic (exact) mass is 280 g/mol. The van der Waals surface area contributed by atoms with Gasteiger partial charge in [-0.25, -0.2) is 4.39 Å². The van der Waals surface area contributed by atoms with Crippen LogP contribution >= 0.6 is 12.2 Å². The average Bonchev–Trinajstić information content (AvgIpc) is 2.80. The summed E-state index contributed by atoms with van der Waals surface area (Å²) in [7, 11) is 0. The molecule has 0 spiro atoms. The molecule has 1 saturated heterocycles. The number of thiocarbonyl (C=S) groups is 1. The Hall–Kier alpha value is -1.00. The fraction of sp³-hybridized carbons (Fsp3) is 0.533. The molecule has 1 unspecified atom stereocenters. The molecule has 2 nitrogen and oxygen atoms in total. The van der Waals surface area contributed by atoms with Crippen LogP contribution in [0.4, 0.5) is 4.39 Å². The summed E-state index contributed by atoms with van der Waals surface area (Å²) in [4.78, 5) is 2.67. The normalized spacial score (nSPS) is 20.1. The van der Waals surface area contributed by atoms with E-state index in [-0.39, 0.29) is 10.8 Å². The standard InChI is InChI=1S/C15H21FN2S/c1-10(2)11-5-6-18(8-11)9-12-3-4-13(16)7-14(12)15(17)19/h3-4,7,10-11H,5-6,8-9H2,1-2H3,(H2,17,19). The maximum absolute atomic E-state index is 13.3. The Kier molecular flexibility index (Phi) is 4.53. The molecule has 1 fully saturated rings. The molecule has 2 N–H and O–H groups in total. The summed E-state index contributed by atoms with van der Waals surface area (Å²) < 4.78 is 13.3. The lowest BCUT2D eigenvalue weighted by molar-refractivity contribution is 0.296. The van der Waals surface area contributed by atoms with Crippen LogP contribution in [0, 0.1) is 17.7 Å². The van der Waals surface area contributed by atoms with E-state index in [4.69, 9.17) is 18.0 Å². The third kappa shape index (κ3) is 3.51. The quantitative estimate of drug-likeness (QED) is 0.860. The van der Waals surface area contributed by atoms with Gasteiger partial charge in [0.25, 0.3) is 0 Å². The minimum Gasteiger partial charge on any atom is -0.389 e. The average molecular weight is 280 g/mol. The van der Waals surface area contributed by atoms with Crippen molar-refractivity contribution in [1.29, 1.82) is 0 Å². The third-order valence-electron chi connectivity index (χ3n) is 3.98. The van der Waals surface area contributed by atoms with Gasteiger partial charge in [-0.3, -0.25) is 4.90 Å². The van der Waals surface area contributed by atoms with Crippen LogP contribution in [-0.2, 0) is 6.54 Å². The molecule has 0 aliphatic carbocycles. The van der Waals surface area contributed by atoms with Crippen LogP contribution in [-0.4, -0.2) is 23.0 Å². The Labute approximate surface area is 119 Å². The molecule has 1 aliphatic rings. The molecule has 1 aliphatic heterocycles. The van der Waals surface area contributed by atoms with E-state index < -0.39 is 0 Å². The Bertz CT molecular complexity index is 473. The topological polar surface area (TPSA) is 29.3 Å². The lowest BCUT2D eigenvalue weighted by Crippen LogP contribution is -2.23. The summed E-state index contributed by atoms with van der Waals surface area (Å²) in [5.74, 6) is 1.19.